The molecule has 0 aliphatic carbocycles. The maximum atomic E-state index is 11.0. The summed E-state index contributed by atoms with van der Waals surface area (Å²) in [7, 11) is -1.40. The minimum Gasteiger partial charge on any atom is -0.458 e. The molecule has 1 aliphatic heterocycles. The first-order chi connectivity index (χ1) is 4.52. The van der Waals surface area contributed by atoms with Crippen LogP contribution in [0.4, 0.5) is 0 Å². The normalized spacial score (nSPS) is 18.7. The summed E-state index contributed by atoms with van der Waals surface area (Å²) in [5, 5.41) is 0.938. The molecule has 0 saturated carbocycles. The van der Waals surface area contributed by atoms with Crippen molar-refractivity contribution in [3.63, 3.8) is 0 Å². The van der Waals surface area contributed by atoms with E-state index in [9.17, 15) is 4.79 Å². The number of carbonyl (C=O) groups excluding carboxylic acids is 1. The molecule has 1 rings (SSSR count). The maximum absolute atomic E-state index is 11.0. The first kappa shape index (κ1) is 7.53. The van der Waals surface area contributed by atoms with Crippen LogP contribution in [0.2, 0.25) is 19.6 Å². The summed E-state index contributed by atoms with van der Waals surface area (Å²) in [4.78, 5) is 11.0. The molecule has 1 aliphatic rings. The Bertz CT molecular complexity index is 188. The number of cyclic esters (lactones) is 1. The third kappa shape index (κ3) is 1.29. The Morgan fingerprint density at radius 2 is 2.10 bits per heavy atom. The lowest BCUT2D eigenvalue weighted by molar-refractivity contribution is -0.135. The molecule has 0 aromatic carbocycles. The van der Waals surface area contributed by atoms with E-state index in [-0.39, 0.29) is 5.97 Å². The molecule has 0 spiro atoms. The minimum absolute atomic E-state index is 0.0980. The van der Waals surface area contributed by atoms with Crippen molar-refractivity contribution < 1.29 is 9.53 Å². The van der Waals surface area contributed by atoms with Crippen LogP contribution in [0.3, 0.4) is 0 Å². The minimum atomic E-state index is -1.40. The average molecular weight is 156 g/mol. The summed E-state index contributed by atoms with van der Waals surface area (Å²) in [6.45, 7) is 6.92. The lowest BCUT2D eigenvalue weighted by Crippen LogP contribution is -2.27. The predicted octanol–water partition coefficient (Wildman–Crippen LogP) is 1.35. The van der Waals surface area contributed by atoms with Crippen molar-refractivity contribution in [2.75, 3.05) is 6.61 Å². The fraction of sp³-hybridized carbons (Fsp3) is 0.571. The van der Waals surface area contributed by atoms with Gasteiger partial charge in [0.05, 0.1) is 8.07 Å². The van der Waals surface area contributed by atoms with Gasteiger partial charge in [0, 0.05) is 5.20 Å². The fourth-order valence-electron chi connectivity index (χ4n) is 0.974. The smallest absolute Gasteiger partial charge is 0.330 e. The third-order valence-corrected chi connectivity index (χ3v) is 3.55. The van der Waals surface area contributed by atoms with Gasteiger partial charge in [0.1, 0.15) is 6.61 Å². The lowest BCUT2D eigenvalue weighted by Gasteiger charge is -2.13. The standard InChI is InChI=1S/C7H12O2Si/c1-10(2,3)6-4-5-9-7(6)8/h4H,5H2,1-3H3. The Kier molecular flexibility index (Phi) is 1.68. The SMILES string of the molecule is C[Si](C)(C)C1=CCOC1=O. The molecule has 0 saturated heterocycles. The van der Waals surface area contributed by atoms with Gasteiger partial charge in [-0.25, -0.2) is 4.79 Å². The van der Waals surface area contributed by atoms with E-state index in [1.54, 1.807) is 0 Å². The van der Waals surface area contributed by atoms with Crippen LogP contribution in [0.5, 0.6) is 0 Å². The van der Waals surface area contributed by atoms with Gasteiger partial charge in [0.15, 0.2) is 0 Å². The number of esters is 1. The van der Waals surface area contributed by atoms with Crippen LogP contribution in [-0.4, -0.2) is 20.7 Å². The van der Waals surface area contributed by atoms with Crippen molar-refractivity contribution in [2.45, 2.75) is 19.6 Å². The van der Waals surface area contributed by atoms with Crippen LogP contribution >= 0.6 is 0 Å². The monoisotopic (exact) mass is 156 g/mol. The highest BCUT2D eigenvalue weighted by Crippen LogP contribution is 2.19. The van der Waals surface area contributed by atoms with Crippen LogP contribution in [0, 0.1) is 0 Å². The molecule has 0 unspecified atom stereocenters. The Morgan fingerprint density at radius 3 is 2.30 bits per heavy atom. The summed E-state index contributed by atoms with van der Waals surface area (Å²) in [6, 6.07) is 0. The van der Waals surface area contributed by atoms with Crippen LogP contribution in [0.25, 0.3) is 0 Å². The average Bonchev–Trinajstić information content (AvgIpc) is 2.11. The lowest BCUT2D eigenvalue weighted by atomic mass is 10.6. The molecule has 0 atom stereocenters. The molecule has 0 aromatic rings. The first-order valence-electron chi connectivity index (χ1n) is 3.39. The molecule has 0 bridgehead atoms. The predicted molar refractivity (Wildman–Crippen MR) is 42.4 cm³/mol. The zero-order valence-corrected chi connectivity index (χ0v) is 7.60. The van der Waals surface area contributed by atoms with Crippen molar-refractivity contribution in [3.05, 3.63) is 11.3 Å². The molecule has 0 N–H and O–H groups in total. The molecule has 1 heterocycles. The van der Waals surface area contributed by atoms with Gasteiger partial charge in [0.25, 0.3) is 0 Å². The van der Waals surface area contributed by atoms with Crippen LogP contribution in [0.15, 0.2) is 11.3 Å². The van der Waals surface area contributed by atoms with Gasteiger partial charge in [-0.3, -0.25) is 0 Å². The van der Waals surface area contributed by atoms with E-state index in [4.69, 9.17) is 4.74 Å². The van der Waals surface area contributed by atoms with Gasteiger partial charge in [-0.1, -0.05) is 19.6 Å². The van der Waals surface area contributed by atoms with E-state index in [0.29, 0.717) is 6.61 Å². The molecule has 56 valence electrons. The van der Waals surface area contributed by atoms with Gasteiger partial charge in [-0.15, -0.1) is 0 Å². The zero-order chi connectivity index (χ0) is 7.78. The third-order valence-electron chi connectivity index (χ3n) is 1.53. The fourth-order valence-corrected chi connectivity index (χ4v) is 2.35. The number of hydrogen-bond acceptors (Lipinski definition) is 2. The molecule has 0 amide bonds. The van der Waals surface area contributed by atoms with E-state index >= 15 is 0 Å². The van der Waals surface area contributed by atoms with E-state index in [1.165, 1.54) is 0 Å². The summed E-state index contributed by atoms with van der Waals surface area (Å²) in [5.74, 6) is -0.0980. The maximum Gasteiger partial charge on any atom is 0.330 e. The van der Waals surface area contributed by atoms with Crippen molar-refractivity contribution in [1.82, 2.24) is 0 Å². The Balaban J connectivity index is 2.82. The Hall–Kier alpha value is -0.573. The highest BCUT2D eigenvalue weighted by molar-refractivity contribution is 6.87. The van der Waals surface area contributed by atoms with Gasteiger partial charge in [0.2, 0.25) is 0 Å². The molecule has 0 radical (unpaired) electrons. The van der Waals surface area contributed by atoms with Gasteiger partial charge < -0.3 is 4.74 Å². The van der Waals surface area contributed by atoms with Crippen molar-refractivity contribution >= 4 is 14.0 Å². The van der Waals surface area contributed by atoms with Crippen molar-refractivity contribution in [2.24, 2.45) is 0 Å². The molecule has 3 heteroatoms. The highest BCUT2D eigenvalue weighted by Gasteiger charge is 2.29. The molecule has 0 fully saturated rings. The molecule has 10 heavy (non-hydrogen) atoms. The Labute approximate surface area is 61.9 Å². The number of rotatable bonds is 1. The van der Waals surface area contributed by atoms with E-state index in [0.717, 1.165) is 5.20 Å². The molecule has 0 aromatic heterocycles. The number of ether oxygens (including phenoxy) is 1. The van der Waals surface area contributed by atoms with E-state index < -0.39 is 8.07 Å². The topological polar surface area (TPSA) is 26.3 Å². The quantitative estimate of drug-likeness (QED) is 0.423. The second-order valence-electron chi connectivity index (χ2n) is 3.47. The second kappa shape index (κ2) is 2.23. The van der Waals surface area contributed by atoms with Crippen LogP contribution in [-0.2, 0) is 9.53 Å². The summed E-state index contributed by atoms with van der Waals surface area (Å²) < 4.78 is 4.80. The Morgan fingerprint density at radius 1 is 1.50 bits per heavy atom. The molecular formula is C7H12O2Si. The van der Waals surface area contributed by atoms with Crippen molar-refractivity contribution in [1.29, 1.82) is 0 Å². The zero-order valence-electron chi connectivity index (χ0n) is 6.60. The largest absolute Gasteiger partial charge is 0.458 e. The second-order valence-corrected chi connectivity index (χ2v) is 8.50. The summed E-state index contributed by atoms with van der Waals surface area (Å²) in [6.07, 6.45) is 1.91. The van der Waals surface area contributed by atoms with Crippen molar-refractivity contribution in [3.8, 4) is 0 Å². The van der Waals surface area contributed by atoms with E-state index in [1.807, 2.05) is 6.08 Å². The summed E-state index contributed by atoms with van der Waals surface area (Å²) in [5.41, 5.74) is 0. The highest BCUT2D eigenvalue weighted by atomic mass is 28.3. The molecule has 2 nitrogen and oxygen atoms in total. The van der Waals surface area contributed by atoms with Gasteiger partial charge in [-0.05, 0) is 6.08 Å². The van der Waals surface area contributed by atoms with Crippen LogP contribution < -0.4 is 0 Å². The number of carbonyl (C=O) groups is 1. The summed E-state index contributed by atoms with van der Waals surface area (Å²) >= 11 is 0. The van der Waals surface area contributed by atoms with Gasteiger partial charge in [-0.2, -0.15) is 0 Å². The molecular weight excluding hydrogens is 144 g/mol. The van der Waals surface area contributed by atoms with E-state index in [2.05, 4.69) is 19.6 Å². The van der Waals surface area contributed by atoms with Gasteiger partial charge >= 0.3 is 5.97 Å². The van der Waals surface area contributed by atoms with Crippen LogP contribution in [0.1, 0.15) is 0 Å². The number of hydrogen-bond donors (Lipinski definition) is 0. The first-order valence-corrected chi connectivity index (χ1v) is 6.89.